The number of halogens is 1. The number of hydrogen-bond acceptors (Lipinski definition) is 6. The van der Waals surface area contributed by atoms with Crippen LogP contribution in [0.25, 0.3) is 0 Å². The van der Waals surface area contributed by atoms with Crippen LogP contribution in [0.2, 0.25) is 0 Å². The summed E-state index contributed by atoms with van der Waals surface area (Å²) in [4.78, 5) is 17.3. The minimum absolute atomic E-state index is 0. The molecule has 3 heterocycles. The number of guanidine groups is 1. The Morgan fingerprint density at radius 2 is 1.77 bits per heavy atom. The minimum atomic E-state index is -2.79. The third-order valence-electron chi connectivity index (χ3n) is 4.92. The lowest BCUT2D eigenvalue weighted by atomic mass is 9.99. The fourth-order valence-electron chi connectivity index (χ4n) is 3.28. The zero-order valence-corrected chi connectivity index (χ0v) is 18.0. The highest BCUT2D eigenvalue weighted by atomic mass is 127. The van der Waals surface area contributed by atoms with Gasteiger partial charge in [-0.3, -0.25) is 4.99 Å². The fourth-order valence-corrected chi connectivity index (χ4v) is 4.87. The first-order valence-corrected chi connectivity index (χ1v) is 10.6. The quantitative estimate of drug-likeness (QED) is 0.374. The number of anilines is 1. The van der Waals surface area contributed by atoms with Gasteiger partial charge < -0.3 is 15.5 Å². The zero-order chi connectivity index (χ0) is 17.7. The van der Waals surface area contributed by atoms with Crippen LogP contribution in [0.4, 0.5) is 5.95 Å². The van der Waals surface area contributed by atoms with E-state index in [1.807, 2.05) is 6.07 Å². The Morgan fingerprint density at radius 1 is 1.15 bits per heavy atom. The monoisotopic (exact) mass is 494 g/mol. The molecule has 0 unspecified atom stereocenters. The first kappa shape index (κ1) is 21.1. The molecule has 0 radical (unpaired) electrons. The van der Waals surface area contributed by atoms with Crippen molar-refractivity contribution in [2.45, 2.75) is 19.3 Å². The Morgan fingerprint density at radius 3 is 2.38 bits per heavy atom. The summed E-state index contributed by atoms with van der Waals surface area (Å²) in [7, 11) is -2.79. The summed E-state index contributed by atoms with van der Waals surface area (Å²) in [5.74, 6) is 2.43. The van der Waals surface area contributed by atoms with E-state index in [2.05, 4.69) is 24.8 Å². The summed E-state index contributed by atoms with van der Waals surface area (Å²) in [6.45, 7) is 3.91. The third kappa shape index (κ3) is 5.93. The van der Waals surface area contributed by atoms with Gasteiger partial charge in [0.2, 0.25) is 5.95 Å². The number of piperazine rings is 1. The van der Waals surface area contributed by atoms with E-state index in [1.165, 1.54) is 0 Å². The smallest absolute Gasteiger partial charge is 0.225 e. The molecule has 2 aliphatic rings. The van der Waals surface area contributed by atoms with E-state index >= 15 is 0 Å². The summed E-state index contributed by atoms with van der Waals surface area (Å²) in [6, 6.07) is 1.81. The van der Waals surface area contributed by atoms with Crippen molar-refractivity contribution in [2.24, 2.45) is 16.6 Å². The van der Waals surface area contributed by atoms with Crippen LogP contribution in [0.5, 0.6) is 0 Å². The molecule has 10 heteroatoms. The number of nitrogens with zero attached hydrogens (tertiary/aromatic N) is 5. The van der Waals surface area contributed by atoms with Gasteiger partial charge in [-0.1, -0.05) is 0 Å². The van der Waals surface area contributed by atoms with Gasteiger partial charge in [0.15, 0.2) is 5.96 Å². The molecule has 0 aromatic carbocycles. The topological polar surface area (TPSA) is 105 Å². The number of aliphatic imine (C=N–C) groups is 1. The van der Waals surface area contributed by atoms with Crippen molar-refractivity contribution in [3.05, 3.63) is 18.5 Å². The van der Waals surface area contributed by atoms with Gasteiger partial charge in [-0.05, 0) is 31.2 Å². The van der Waals surface area contributed by atoms with E-state index < -0.39 is 9.84 Å². The summed E-state index contributed by atoms with van der Waals surface area (Å²) < 4.78 is 22.9. The molecule has 1 aromatic heterocycles. The maximum Gasteiger partial charge on any atom is 0.225 e. The van der Waals surface area contributed by atoms with Crippen LogP contribution in [0, 0.1) is 5.92 Å². The molecular weight excluding hydrogens is 467 g/mol. The van der Waals surface area contributed by atoms with Crippen molar-refractivity contribution in [3.8, 4) is 0 Å². The van der Waals surface area contributed by atoms with Crippen LogP contribution in [0.1, 0.15) is 19.3 Å². The van der Waals surface area contributed by atoms with E-state index in [9.17, 15) is 8.42 Å². The predicted molar refractivity (Wildman–Crippen MR) is 114 cm³/mol. The summed E-state index contributed by atoms with van der Waals surface area (Å²) in [5.41, 5.74) is 6.12. The Bertz CT molecular complexity index is 678. The first-order chi connectivity index (χ1) is 12.0. The summed E-state index contributed by atoms with van der Waals surface area (Å²) >= 11 is 0. The van der Waals surface area contributed by atoms with Crippen LogP contribution in [0.15, 0.2) is 23.5 Å². The molecule has 0 atom stereocenters. The van der Waals surface area contributed by atoms with Crippen molar-refractivity contribution in [2.75, 3.05) is 49.1 Å². The maximum absolute atomic E-state index is 11.4. The molecule has 2 fully saturated rings. The average molecular weight is 494 g/mol. The molecule has 8 nitrogen and oxygen atoms in total. The van der Waals surface area contributed by atoms with Crippen molar-refractivity contribution >= 4 is 45.7 Å². The van der Waals surface area contributed by atoms with Crippen LogP contribution >= 0.6 is 24.0 Å². The lowest BCUT2D eigenvalue weighted by molar-refractivity contribution is 0.376. The van der Waals surface area contributed by atoms with E-state index in [1.54, 1.807) is 12.4 Å². The first-order valence-electron chi connectivity index (χ1n) is 8.81. The maximum atomic E-state index is 11.4. The second-order valence-corrected chi connectivity index (χ2v) is 8.95. The molecule has 1 aromatic rings. The second kappa shape index (κ2) is 9.67. The van der Waals surface area contributed by atoms with Crippen LogP contribution in [-0.2, 0) is 9.84 Å². The zero-order valence-electron chi connectivity index (χ0n) is 14.8. The molecule has 0 bridgehead atoms. The highest BCUT2D eigenvalue weighted by Crippen LogP contribution is 2.21. The van der Waals surface area contributed by atoms with Crippen molar-refractivity contribution in [3.63, 3.8) is 0 Å². The number of nitrogens with two attached hydrogens (primary N) is 1. The molecule has 0 aliphatic carbocycles. The Kier molecular flexibility index (Phi) is 7.86. The molecule has 26 heavy (non-hydrogen) atoms. The highest BCUT2D eigenvalue weighted by molar-refractivity contribution is 14.0. The molecule has 2 N–H and O–H groups in total. The number of aromatic nitrogens is 2. The van der Waals surface area contributed by atoms with Gasteiger partial charge in [0.05, 0.1) is 11.5 Å². The van der Waals surface area contributed by atoms with Gasteiger partial charge in [-0.2, -0.15) is 0 Å². The summed E-state index contributed by atoms with van der Waals surface area (Å²) in [5, 5.41) is 0. The molecule has 2 saturated heterocycles. The van der Waals surface area contributed by atoms with E-state index in [-0.39, 0.29) is 24.0 Å². The number of rotatable bonds is 4. The minimum Gasteiger partial charge on any atom is -0.370 e. The molecular formula is C16H27IN6O2S. The average Bonchev–Trinajstić information content (AvgIpc) is 2.64. The Hall–Kier alpha value is -1.17. The van der Waals surface area contributed by atoms with E-state index in [0.29, 0.717) is 29.9 Å². The second-order valence-electron chi connectivity index (χ2n) is 6.65. The Labute approximate surface area is 172 Å². The van der Waals surface area contributed by atoms with Crippen molar-refractivity contribution in [1.29, 1.82) is 0 Å². The number of sulfone groups is 1. The fraction of sp³-hybridized carbons (Fsp3) is 0.688. The summed E-state index contributed by atoms with van der Waals surface area (Å²) in [6.07, 6.45) is 5.93. The normalized spacial score (nSPS) is 21.3. The molecule has 0 amide bonds. The van der Waals surface area contributed by atoms with Gasteiger partial charge in [0.1, 0.15) is 9.84 Å². The SMILES string of the molecule is I.NC(=NCCC1CCS(=O)(=O)CC1)N1CCN(c2ncccn2)CC1. The predicted octanol–water partition coefficient (Wildman–Crippen LogP) is 0.746. The standard InChI is InChI=1S/C16H26N6O2S.HI/c17-15(18-7-2-14-3-12-25(23,24)13-4-14)21-8-10-22(11-9-21)16-19-5-1-6-20-16;/h1,5-6,14H,2-4,7-13H2,(H2,17,18);1H. The molecule has 146 valence electrons. The van der Waals surface area contributed by atoms with Gasteiger partial charge in [0, 0.05) is 45.1 Å². The van der Waals surface area contributed by atoms with Crippen molar-refractivity contribution in [1.82, 2.24) is 14.9 Å². The molecule has 0 saturated carbocycles. The third-order valence-corrected chi connectivity index (χ3v) is 6.64. The lowest BCUT2D eigenvalue weighted by Gasteiger charge is -2.35. The van der Waals surface area contributed by atoms with Crippen LogP contribution in [-0.4, -0.2) is 73.5 Å². The van der Waals surface area contributed by atoms with Crippen LogP contribution in [0.3, 0.4) is 0 Å². The van der Waals surface area contributed by atoms with Gasteiger partial charge in [-0.25, -0.2) is 18.4 Å². The molecule has 0 spiro atoms. The van der Waals surface area contributed by atoms with Gasteiger partial charge >= 0.3 is 0 Å². The highest BCUT2D eigenvalue weighted by Gasteiger charge is 2.23. The van der Waals surface area contributed by atoms with Crippen LogP contribution < -0.4 is 10.6 Å². The molecule has 3 rings (SSSR count). The largest absolute Gasteiger partial charge is 0.370 e. The van der Waals surface area contributed by atoms with E-state index in [0.717, 1.165) is 51.4 Å². The van der Waals surface area contributed by atoms with E-state index in [4.69, 9.17) is 5.73 Å². The molecule has 2 aliphatic heterocycles. The number of hydrogen-bond donors (Lipinski definition) is 1. The Balaban J connectivity index is 0.00000243. The van der Waals surface area contributed by atoms with Gasteiger partial charge in [-0.15, -0.1) is 24.0 Å². The lowest BCUT2D eigenvalue weighted by Crippen LogP contribution is -2.51. The van der Waals surface area contributed by atoms with Gasteiger partial charge in [0.25, 0.3) is 0 Å². The van der Waals surface area contributed by atoms with Crippen molar-refractivity contribution < 1.29 is 8.42 Å².